The molecule has 3 N–H and O–H groups in total. The van der Waals surface area contributed by atoms with E-state index in [4.69, 9.17) is 4.74 Å². The van der Waals surface area contributed by atoms with Gasteiger partial charge in [-0.1, -0.05) is 60.7 Å². The highest BCUT2D eigenvalue weighted by atomic mass is 16.5. The molecule has 3 aromatic rings. The van der Waals surface area contributed by atoms with Gasteiger partial charge < -0.3 is 20.5 Å². The zero-order valence-electron chi connectivity index (χ0n) is 18.1. The van der Waals surface area contributed by atoms with Crippen LogP contribution >= 0.6 is 0 Å². The van der Waals surface area contributed by atoms with E-state index in [2.05, 4.69) is 10.6 Å². The van der Waals surface area contributed by atoms with E-state index in [1.807, 2.05) is 48.5 Å². The maximum atomic E-state index is 12.5. The van der Waals surface area contributed by atoms with Crippen molar-refractivity contribution < 1.29 is 24.2 Å². The smallest absolute Gasteiger partial charge is 0.407 e. The highest BCUT2D eigenvalue weighted by molar-refractivity contribution is 5.88. The molecule has 0 radical (unpaired) electrons. The van der Waals surface area contributed by atoms with Crippen molar-refractivity contribution in [1.29, 1.82) is 0 Å². The number of amides is 2. The molecule has 7 nitrogen and oxygen atoms in total. The van der Waals surface area contributed by atoms with Gasteiger partial charge in [0.1, 0.15) is 12.6 Å². The van der Waals surface area contributed by atoms with E-state index >= 15 is 0 Å². The minimum absolute atomic E-state index is 0.0832. The lowest BCUT2D eigenvalue weighted by atomic mass is 9.98. The molecule has 2 amide bonds. The number of fused-ring (bicyclic) bond motifs is 3. The Bertz CT molecular complexity index is 1140. The molecule has 0 saturated heterocycles. The Labute approximate surface area is 191 Å². The van der Waals surface area contributed by atoms with Gasteiger partial charge in [0, 0.05) is 24.9 Å². The molecule has 0 fully saturated rings. The Morgan fingerprint density at radius 3 is 2.03 bits per heavy atom. The first-order valence-electron chi connectivity index (χ1n) is 10.6. The summed E-state index contributed by atoms with van der Waals surface area (Å²) in [5.41, 5.74) is 5.72. The number of rotatable bonds is 7. The number of hydrogen-bond donors (Lipinski definition) is 3. The quantitative estimate of drug-likeness (QED) is 0.507. The molecule has 1 atom stereocenters. The van der Waals surface area contributed by atoms with Crippen LogP contribution < -0.4 is 10.6 Å². The predicted molar refractivity (Wildman–Crippen MR) is 124 cm³/mol. The van der Waals surface area contributed by atoms with Gasteiger partial charge in [-0.2, -0.15) is 0 Å². The van der Waals surface area contributed by atoms with Crippen LogP contribution in [0.3, 0.4) is 0 Å². The summed E-state index contributed by atoms with van der Waals surface area (Å²) in [4.78, 5) is 35.3. The summed E-state index contributed by atoms with van der Waals surface area (Å²) in [5.74, 6) is -1.45. The number of carboxylic acid groups (broad SMARTS) is 1. The first-order chi connectivity index (χ1) is 15.9. The van der Waals surface area contributed by atoms with Crippen LogP contribution in [0.1, 0.15) is 29.5 Å². The number of nitrogens with one attached hydrogen (secondary N) is 2. The Morgan fingerprint density at radius 1 is 0.909 bits per heavy atom. The zero-order valence-corrected chi connectivity index (χ0v) is 18.1. The number of ether oxygens (including phenoxy) is 1. The molecule has 0 heterocycles. The Kier molecular flexibility index (Phi) is 6.40. The minimum atomic E-state index is -1.16. The molecule has 0 spiro atoms. The summed E-state index contributed by atoms with van der Waals surface area (Å²) in [6.07, 6.45) is -0.695. The lowest BCUT2D eigenvalue weighted by Crippen LogP contribution is -2.42. The second-order valence-corrected chi connectivity index (χ2v) is 7.94. The monoisotopic (exact) mass is 444 g/mol. The standard InChI is InChI=1S/C26H24N2O5/c1-16(29)27-18-12-10-17(11-13-18)14-24(25(30)31)28-26(32)33-15-23-21-8-4-2-6-19(21)20-7-3-5-9-22(20)23/h2-13,23-24H,14-15H2,1H3,(H,27,29)(H,28,32)(H,30,31)/t24-/m0/s1. The highest BCUT2D eigenvalue weighted by Crippen LogP contribution is 2.44. The first-order valence-corrected chi connectivity index (χ1v) is 10.6. The largest absolute Gasteiger partial charge is 0.480 e. The summed E-state index contributed by atoms with van der Waals surface area (Å²) in [7, 11) is 0. The van der Waals surface area contributed by atoms with Gasteiger partial charge in [0.2, 0.25) is 5.91 Å². The molecule has 33 heavy (non-hydrogen) atoms. The fourth-order valence-electron chi connectivity index (χ4n) is 4.15. The van der Waals surface area contributed by atoms with Crippen LogP contribution in [0, 0.1) is 0 Å². The number of carbonyl (C=O) groups is 3. The van der Waals surface area contributed by atoms with Gasteiger partial charge in [-0.15, -0.1) is 0 Å². The van der Waals surface area contributed by atoms with Crippen LogP contribution in [-0.4, -0.2) is 35.7 Å². The number of aliphatic carboxylic acids is 1. The van der Waals surface area contributed by atoms with Crippen LogP contribution in [-0.2, 0) is 20.7 Å². The molecule has 1 aliphatic carbocycles. The average molecular weight is 444 g/mol. The SMILES string of the molecule is CC(=O)Nc1ccc(C[C@H](NC(=O)OCC2c3ccccc3-c3ccccc32)C(=O)O)cc1. The van der Waals surface area contributed by atoms with Crippen molar-refractivity contribution in [2.24, 2.45) is 0 Å². The van der Waals surface area contributed by atoms with Crippen LogP contribution in [0.2, 0.25) is 0 Å². The van der Waals surface area contributed by atoms with Crippen LogP contribution in [0.15, 0.2) is 72.8 Å². The maximum Gasteiger partial charge on any atom is 0.407 e. The summed E-state index contributed by atoms with van der Waals surface area (Å²) in [6, 6.07) is 21.6. The van der Waals surface area contributed by atoms with E-state index in [1.54, 1.807) is 24.3 Å². The second kappa shape index (κ2) is 9.56. The third kappa shape index (κ3) is 5.03. The molecule has 168 valence electrons. The van der Waals surface area contributed by atoms with Gasteiger partial charge in [-0.3, -0.25) is 4.79 Å². The van der Waals surface area contributed by atoms with Crippen molar-refractivity contribution in [2.45, 2.75) is 25.3 Å². The van der Waals surface area contributed by atoms with E-state index in [0.29, 0.717) is 11.3 Å². The predicted octanol–water partition coefficient (Wildman–Crippen LogP) is 4.18. The summed E-state index contributed by atoms with van der Waals surface area (Å²) >= 11 is 0. The molecule has 3 aromatic carbocycles. The first kappa shape index (κ1) is 22.1. The number of benzene rings is 3. The number of carboxylic acids is 1. The van der Waals surface area contributed by atoms with Crippen LogP contribution in [0.25, 0.3) is 11.1 Å². The van der Waals surface area contributed by atoms with E-state index < -0.39 is 18.1 Å². The third-order valence-electron chi connectivity index (χ3n) is 5.65. The van der Waals surface area contributed by atoms with Crippen molar-refractivity contribution in [1.82, 2.24) is 5.32 Å². The fourth-order valence-corrected chi connectivity index (χ4v) is 4.15. The molecule has 0 aliphatic heterocycles. The zero-order chi connectivity index (χ0) is 23.4. The molecule has 1 aliphatic rings. The Morgan fingerprint density at radius 2 is 1.48 bits per heavy atom. The van der Waals surface area contributed by atoms with E-state index in [1.165, 1.54) is 6.92 Å². The van der Waals surface area contributed by atoms with E-state index in [0.717, 1.165) is 22.3 Å². The van der Waals surface area contributed by atoms with Gasteiger partial charge in [0.05, 0.1) is 0 Å². The molecular weight excluding hydrogens is 420 g/mol. The Hall–Kier alpha value is -4.13. The van der Waals surface area contributed by atoms with Gasteiger partial charge in [0.25, 0.3) is 0 Å². The molecule has 4 rings (SSSR count). The lowest BCUT2D eigenvalue weighted by Gasteiger charge is -2.17. The minimum Gasteiger partial charge on any atom is -0.480 e. The highest BCUT2D eigenvalue weighted by Gasteiger charge is 2.29. The average Bonchev–Trinajstić information content (AvgIpc) is 3.12. The van der Waals surface area contributed by atoms with Gasteiger partial charge in [-0.25, -0.2) is 9.59 Å². The summed E-state index contributed by atoms with van der Waals surface area (Å²) in [6.45, 7) is 1.52. The molecule has 7 heteroatoms. The second-order valence-electron chi connectivity index (χ2n) is 7.94. The number of alkyl carbamates (subject to hydrolysis) is 1. The van der Waals surface area contributed by atoms with Gasteiger partial charge in [0.15, 0.2) is 0 Å². The third-order valence-corrected chi connectivity index (χ3v) is 5.65. The normalized spacial score (nSPS) is 12.9. The topological polar surface area (TPSA) is 105 Å². The van der Waals surface area contributed by atoms with Crippen molar-refractivity contribution in [2.75, 3.05) is 11.9 Å². The molecular formula is C26H24N2O5. The van der Waals surface area contributed by atoms with Crippen LogP contribution in [0.5, 0.6) is 0 Å². The lowest BCUT2D eigenvalue weighted by molar-refractivity contribution is -0.139. The van der Waals surface area contributed by atoms with E-state index in [-0.39, 0.29) is 24.9 Å². The van der Waals surface area contributed by atoms with Crippen molar-refractivity contribution in [3.05, 3.63) is 89.5 Å². The molecule has 0 bridgehead atoms. The molecule has 0 unspecified atom stereocenters. The van der Waals surface area contributed by atoms with Gasteiger partial charge >= 0.3 is 12.1 Å². The van der Waals surface area contributed by atoms with Crippen molar-refractivity contribution >= 4 is 23.7 Å². The maximum absolute atomic E-state index is 12.5. The number of hydrogen-bond acceptors (Lipinski definition) is 4. The summed E-state index contributed by atoms with van der Waals surface area (Å²) < 4.78 is 5.46. The number of carbonyl (C=O) groups excluding carboxylic acids is 2. The summed E-state index contributed by atoms with van der Waals surface area (Å²) in [5, 5.41) is 14.7. The molecule has 0 aromatic heterocycles. The van der Waals surface area contributed by atoms with Crippen molar-refractivity contribution in [3.8, 4) is 11.1 Å². The van der Waals surface area contributed by atoms with Crippen LogP contribution in [0.4, 0.5) is 10.5 Å². The Balaban J connectivity index is 1.39. The molecule has 0 saturated carbocycles. The fraction of sp³-hybridized carbons (Fsp3) is 0.192. The van der Waals surface area contributed by atoms with E-state index in [9.17, 15) is 19.5 Å². The number of anilines is 1. The van der Waals surface area contributed by atoms with Gasteiger partial charge in [-0.05, 0) is 39.9 Å². The van der Waals surface area contributed by atoms with Crippen molar-refractivity contribution in [3.63, 3.8) is 0 Å².